The molecule has 0 unspecified atom stereocenters. The summed E-state index contributed by atoms with van der Waals surface area (Å²) in [5, 5.41) is 12.1. The zero-order valence-corrected chi connectivity index (χ0v) is 20.1. The summed E-state index contributed by atoms with van der Waals surface area (Å²) in [5.41, 5.74) is 0.771. The fourth-order valence-corrected chi connectivity index (χ4v) is 8.27. The third-order valence-corrected chi connectivity index (χ3v) is 10.9. The molecule has 0 aliphatic rings. The number of hydrogen-bond donors (Lipinski definition) is 1. The largest absolute Gasteiger partial charge is 0.507 e. The molecule has 0 atom stereocenters. The molecule has 0 radical (unpaired) electrons. The molecule has 176 valence electrons. The molecule has 0 fully saturated rings. The van der Waals surface area contributed by atoms with Crippen molar-refractivity contribution >= 4 is 45.2 Å². The Balaban J connectivity index is 1.76. The number of benzene rings is 5. The molecule has 35 heavy (non-hydrogen) atoms. The Labute approximate surface area is 203 Å². The van der Waals surface area contributed by atoms with Gasteiger partial charge in [0.25, 0.3) is 0 Å². The van der Waals surface area contributed by atoms with Gasteiger partial charge in [-0.3, -0.25) is 4.31 Å². The summed E-state index contributed by atoms with van der Waals surface area (Å²) in [4.78, 5) is -0.281. The molecule has 0 spiro atoms. The maximum absolute atomic E-state index is 14.0. The zero-order valence-electron chi connectivity index (χ0n) is 18.4. The van der Waals surface area contributed by atoms with Gasteiger partial charge in [0.1, 0.15) is 5.75 Å². The van der Waals surface area contributed by atoms with Crippen molar-refractivity contribution in [3.8, 4) is 5.75 Å². The van der Waals surface area contributed by atoms with Gasteiger partial charge in [-0.15, -0.1) is 0 Å². The summed E-state index contributed by atoms with van der Waals surface area (Å²) in [6.07, 6.45) is 0. The predicted octanol–water partition coefficient (Wildman–Crippen LogP) is 5.42. The molecule has 6 nitrogen and oxygen atoms in total. The van der Waals surface area contributed by atoms with Crippen LogP contribution in [0.15, 0.2) is 114 Å². The zero-order chi connectivity index (χ0) is 24.6. The molecule has 0 heterocycles. The van der Waals surface area contributed by atoms with E-state index in [2.05, 4.69) is 0 Å². The van der Waals surface area contributed by atoms with Gasteiger partial charge >= 0.3 is 17.9 Å². The molecule has 5 rings (SSSR count). The van der Waals surface area contributed by atoms with Gasteiger partial charge in [-0.2, -0.15) is 8.42 Å². The molecule has 5 aromatic carbocycles. The number of nitrogens with zero attached hydrogens (tertiary/aromatic N) is 1. The van der Waals surface area contributed by atoms with Crippen LogP contribution < -0.4 is 4.31 Å². The van der Waals surface area contributed by atoms with Crippen LogP contribution in [-0.2, 0) is 24.5 Å². The number of aromatic hydroxyl groups is 1. The Morgan fingerprint density at radius 2 is 1.20 bits per heavy atom. The van der Waals surface area contributed by atoms with Crippen molar-refractivity contribution < 1.29 is 21.9 Å². The molecule has 0 bridgehead atoms. The maximum atomic E-state index is 14.0. The van der Waals surface area contributed by atoms with Gasteiger partial charge in [-0.1, -0.05) is 91.0 Å². The van der Waals surface area contributed by atoms with Gasteiger partial charge in [-0.05, 0) is 29.1 Å². The van der Waals surface area contributed by atoms with E-state index in [-0.39, 0.29) is 22.9 Å². The average molecular weight is 504 g/mol. The van der Waals surface area contributed by atoms with E-state index >= 15 is 0 Å². The minimum absolute atomic E-state index is 0.0293. The van der Waals surface area contributed by atoms with Gasteiger partial charge in [0, 0.05) is 16.2 Å². The van der Waals surface area contributed by atoms with Gasteiger partial charge in [0.05, 0.1) is 17.1 Å². The van der Waals surface area contributed by atoms with E-state index in [1.165, 1.54) is 18.2 Å². The first kappa shape index (κ1) is 22.9. The van der Waals surface area contributed by atoms with Crippen molar-refractivity contribution in [2.24, 2.45) is 0 Å². The van der Waals surface area contributed by atoms with Gasteiger partial charge in [-0.25, -0.2) is 8.42 Å². The summed E-state index contributed by atoms with van der Waals surface area (Å²) >= 11 is 0. The van der Waals surface area contributed by atoms with E-state index in [9.17, 15) is 21.9 Å². The topological polar surface area (TPSA) is 91.8 Å². The minimum atomic E-state index is -4.98. The lowest BCUT2D eigenvalue weighted by atomic mass is 10.1. The highest BCUT2D eigenvalue weighted by molar-refractivity contribution is 8.67. The first-order valence-corrected chi connectivity index (χ1v) is 14.2. The maximum Gasteiger partial charge on any atom is 0.346 e. The van der Waals surface area contributed by atoms with E-state index in [1.807, 2.05) is 0 Å². The fraction of sp³-hybridized carbons (Fsp3) is 0.0370. The van der Waals surface area contributed by atoms with Gasteiger partial charge in [0.15, 0.2) is 0 Å². The normalized spacial score (nSPS) is 12.1. The summed E-state index contributed by atoms with van der Waals surface area (Å²) in [6.45, 7) is -0.206. The molecular weight excluding hydrogens is 482 g/mol. The summed E-state index contributed by atoms with van der Waals surface area (Å²) in [5.74, 6) is -0.0293. The molecular formula is C27H21NO5S2. The van der Waals surface area contributed by atoms with Gasteiger partial charge < -0.3 is 5.11 Å². The second-order valence-electron chi connectivity index (χ2n) is 8.03. The van der Waals surface area contributed by atoms with Gasteiger partial charge in [0.2, 0.25) is 0 Å². The highest BCUT2D eigenvalue weighted by Crippen LogP contribution is 2.37. The first-order chi connectivity index (χ1) is 16.8. The summed E-state index contributed by atoms with van der Waals surface area (Å²) in [6, 6.07) is 29.6. The second kappa shape index (κ2) is 8.72. The summed E-state index contributed by atoms with van der Waals surface area (Å²) in [7, 11) is -9.85. The molecule has 0 aliphatic carbocycles. The monoisotopic (exact) mass is 503 g/mol. The highest BCUT2D eigenvalue weighted by atomic mass is 33.2. The standard InChI is InChI=1S/C27H21NO5S2/c29-26-17-8-14-23-24(26)15-7-16-25(23)28(19-20-9-2-1-3-10-20)35(32,33)34(30,31)27-18-6-12-21-11-4-5-13-22(21)27/h1-18,29H,19H2. The molecule has 0 saturated heterocycles. The molecule has 0 aliphatic heterocycles. The first-order valence-electron chi connectivity index (χ1n) is 10.8. The second-order valence-corrected chi connectivity index (χ2v) is 13.3. The number of phenolic OH excluding ortho intramolecular Hbond substituents is 1. The van der Waals surface area contributed by atoms with Crippen LogP contribution in [0.2, 0.25) is 0 Å². The van der Waals surface area contributed by atoms with Crippen LogP contribution in [0.4, 0.5) is 5.69 Å². The van der Waals surface area contributed by atoms with Crippen molar-refractivity contribution in [1.82, 2.24) is 0 Å². The Bertz CT molecular complexity index is 1760. The van der Waals surface area contributed by atoms with Crippen LogP contribution in [0, 0.1) is 0 Å². The van der Waals surface area contributed by atoms with Crippen LogP contribution in [0.25, 0.3) is 21.5 Å². The van der Waals surface area contributed by atoms with Crippen LogP contribution in [0.3, 0.4) is 0 Å². The van der Waals surface area contributed by atoms with E-state index in [4.69, 9.17) is 0 Å². The molecule has 0 saturated carbocycles. The lowest BCUT2D eigenvalue weighted by Gasteiger charge is -2.26. The Kier molecular flexibility index (Phi) is 5.70. The van der Waals surface area contributed by atoms with Crippen molar-refractivity contribution in [3.05, 3.63) is 115 Å². The molecule has 8 heteroatoms. The molecule has 0 amide bonds. The van der Waals surface area contributed by atoms with E-state index in [0.717, 1.165) is 4.31 Å². The quantitative estimate of drug-likeness (QED) is 0.312. The van der Waals surface area contributed by atoms with Crippen molar-refractivity contribution in [3.63, 3.8) is 0 Å². The number of rotatable bonds is 6. The van der Waals surface area contributed by atoms with E-state index in [1.54, 1.807) is 91.0 Å². The van der Waals surface area contributed by atoms with Crippen molar-refractivity contribution in [2.45, 2.75) is 11.4 Å². The number of hydrogen-bond acceptors (Lipinski definition) is 5. The van der Waals surface area contributed by atoms with Crippen LogP contribution in [-0.4, -0.2) is 21.9 Å². The molecule has 5 aromatic rings. The molecule has 1 N–H and O–H groups in total. The highest BCUT2D eigenvalue weighted by Gasteiger charge is 2.40. The third kappa shape index (κ3) is 3.90. The Morgan fingerprint density at radius 3 is 2.00 bits per heavy atom. The average Bonchev–Trinajstić information content (AvgIpc) is 2.87. The number of anilines is 1. The smallest absolute Gasteiger partial charge is 0.346 e. The van der Waals surface area contributed by atoms with Crippen LogP contribution in [0.5, 0.6) is 5.75 Å². The van der Waals surface area contributed by atoms with Crippen molar-refractivity contribution in [2.75, 3.05) is 4.31 Å². The van der Waals surface area contributed by atoms with Crippen molar-refractivity contribution in [1.29, 1.82) is 0 Å². The lowest BCUT2D eigenvalue weighted by molar-refractivity contribution is 0.481. The number of phenols is 1. The van der Waals surface area contributed by atoms with E-state index in [0.29, 0.717) is 27.1 Å². The Morgan fingerprint density at radius 1 is 0.600 bits per heavy atom. The van der Waals surface area contributed by atoms with E-state index < -0.39 is 17.9 Å². The predicted molar refractivity (Wildman–Crippen MR) is 138 cm³/mol. The lowest BCUT2D eigenvalue weighted by Crippen LogP contribution is -2.36. The number of fused-ring (bicyclic) bond motifs is 2. The fourth-order valence-electron chi connectivity index (χ4n) is 4.17. The third-order valence-electron chi connectivity index (χ3n) is 5.88. The molecule has 0 aromatic heterocycles. The Hall–Kier alpha value is -3.88. The van der Waals surface area contributed by atoms with Crippen LogP contribution in [0.1, 0.15) is 5.56 Å². The van der Waals surface area contributed by atoms with Crippen LogP contribution >= 0.6 is 0 Å². The SMILES string of the molecule is O=S(=O)(c1cccc2ccccc12)S(=O)(=O)N(Cc1ccccc1)c1cccc2c(O)cccc12. The summed E-state index contributed by atoms with van der Waals surface area (Å²) < 4.78 is 56.5. The minimum Gasteiger partial charge on any atom is -0.507 e.